The molecule has 0 saturated heterocycles. The highest BCUT2D eigenvalue weighted by Gasteiger charge is 1.93. The van der Waals surface area contributed by atoms with Gasteiger partial charge >= 0.3 is 0 Å². The summed E-state index contributed by atoms with van der Waals surface area (Å²) >= 11 is 0. The number of rotatable bonds is 2. The fourth-order valence-electron chi connectivity index (χ4n) is 0.906. The molecule has 0 aliphatic carbocycles. The fourth-order valence-corrected chi connectivity index (χ4v) is 0.906. The molecule has 1 rings (SSSR count). The molecule has 0 fully saturated rings. The molecule has 1 aromatic rings. The first-order valence-electron chi connectivity index (χ1n) is 4.72. The molecule has 0 spiro atoms. The first kappa shape index (κ1) is 15.8. The Morgan fingerprint density at radius 3 is 2.13 bits per heavy atom. The summed E-state index contributed by atoms with van der Waals surface area (Å²) in [6.45, 7) is 9.12. The zero-order valence-electron chi connectivity index (χ0n) is 9.71. The van der Waals surface area contributed by atoms with Crippen LogP contribution in [0.3, 0.4) is 0 Å². The monoisotopic (exact) mass is 210 g/mol. The van der Waals surface area contributed by atoms with Crippen molar-refractivity contribution >= 4 is 17.7 Å². The van der Waals surface area contributed by atoms with Gasteiger partial charge in [-0.05, 0) is 17.7 Å². The van der Waals surface area contributed by atoms with E-state index < -0.39 is 0 Å². The SMILES string of the molecule is C=Cc1ccc(NC(C)=O)cc1.CC.N.[HH]. The van der Waals surface area contributed by atoms with Crippen molar-refractivity contribution < 1.29 is 6.22 Å². The Morgan fingerprint density at radius 1 is 1.33 bits per heavy atom. The van der Waals surface area contributed by atoms with Gasteiger partial charge in [-0.2, -0.15) is 0 Å². The van der Waals surface area contributed by atoms with Gasteiger partial charge in [-0.25, -0.2) is 0 Å². The summed E-state index contributed by atoms with van der Waals surface area (Å²) in [5, 5.41) is 2.68. The number of hydrogen-bond acceptors (Lipinski definition) is 2. The third-order valence-corrected chi connectivity index (χ3v) is 1.47. The summed E-state index contributed by atoms with van der Waals surface area (Å²) in [4.78, 5) is 10.6. The summed E-state index contributed by atoms with van der Waals surface area (Å²) in [7, 11) is 0. The number of carbonyl (C=O) groups is 1. The van der Waals surface area contributed by atoms with E-state index in [-0.39, 0.29) is 13.5 Å². The van der Waals surface area contributed by atoms with Crippen LogP contribution < -0.4 is 11.5 Å². The second-order valence-electron chi connectivity index (χ2n) is 2.51. The minimum atomic E-state index is -0.0543. The third kappa shape index (κ3) is 6.46. The molecule has 86 valence electrons. The molecule has 0 saturated carbocycles. The van der Waals surface area contributed by atoms with Crippen molar-refractivity contribution in [2.24, 2.45) is 0 Å². The maximum Gasteiger partial charge on any atom is 0.221 e. The highest BCUT2D eigenvalue weighted by atomic mass is 16.1. The lowest BCUT2D eigenvalue weighted by Gasteiger charge is -2.00. The maximum absolute atomic E-state index is 10.6. The van der Waals surface area contributed by atoms with Crippen LogP contribution in [0.4, 0.5) is 5.69 Å². The number of anilines is 1. The van der Waals surface area contributed by atoms with Gasteiger partial charge in [-0.1, -0.05) is 38.6 Å². The Hall–Kier alpha value is -1.61. The van der Waals surface area contributed by atoms with Crippen LogP contribution in [0.2, 0.25) is 0 Å². The van der Waals surface area contributed by atoms with Gasteiger partial charge in [0.25, 0.3) is 0 Å². The van der Waals surface area contributed by atoms with Gasteiger partial charge in [-0.3, -0.25) is 4.79 Å². The van der Waals surface area contributed by atoms with E-state index in [2.05, 4.69) is 11.9 Å². The lowest BCUT2D eigenvalue weighted by Crippen LogP contribution is -2.05. The molecule has 3 heteroatoms. The largest absolute Gasteiger partial charge is 0.344 e. The molecule has 0 atom stereocenters. The summed E-state index contributed by atoms with van der Waals surface area (Å²) in [5.74, 6) is -0.0543. The average molecular weight is 210 g/mol. The van der Waals surface area contributed by atoms with Gasteiger partial charge in [0.15, 0.2) is 0 Å². The first-order valence-corrected chi connectivity index (χ1v) is 4.72. The van der Waals surface area contributed by atoms with Crippen molar-refractivity contribution in [2.45, 2.75) is 20.8 Å². The molecule has 4 N–H and O–H groups in total. The Balaban J connectivity index is -0.000000399. The van der Waals surface area contributed by atoms with Gasteiger partial charge in [-0.15, -0.1) is 0 Å². The molecule has 1 amide bonds. The lowest BCUT2D eigenvalue weighted by atomic mass is 10.2. The van der Waals surface area contributed by atoms with Gasteiger partial charge in [0, 0.05) is 14.0 Å². The van der Waals surface area contributed by atoms with E-state index in [0.717, 1.165) is 11.3 Å². The quantitative estimate of drug-likeness (QED) is 0.781. The molecule has 0 unspecified atom stereocenters. The number of amides is 1. The smallest absolute Gasteiger partial charge is 0.221 e. The molecule has 1 aromatic carbocycles. The van der Waals surface area contributed by atoms with E-state index in [1.54, 1.807) is 6.08 Å². The molecule has 0 radical (unpaired) electrons. The molecular formula is C12H22N2O. The van der Waals surface area contributed by atoms with E-state index in [4.69, 9.17) is 0 Å². The summed E-state index contributed by atoms with van der Waals surface area (Å²) in [5.41, 5.74) is 1.86. The van der Waals surface area contributed by atoms with Crippen molar-refractivity contribution in [1.29, 1.82) is 0 Å². The topological polar surface area (TPSA) is 64.1 Å². The van der Waals surface area contributed by atoms with Crippen molar-refractivity contribution in [1.82, 2.24) is 6.15 Å². The average Bonchev–Trinajstić information content (AvgIpc) is 2.21. The second-order valence-corrected chi connectivity index (χ2v) is 2.51. The number of hydrogen-bond donors (Lipinski definition) is 2. The molecule has 3 nitrogen and oxygen atoms in total. The minimum absolute atomic E-state index is 0. The van der Waals surface area contributed by atoms with Gasteiger partial charge in [0.2, 0.25) is 5.91 Å². The van der Waals surface area contributed by atoms with Crippen LogP contribution in [0.25, 0.3) is 6.08 Å². The van der Waals surface area contributed by atoms with Gasteiger partial charge in [0.1, 0.15) is 0 Å². The van der Waals surface area contributed by atoms with Crippen LogP contribution in [-0.2, 0) is 4.79 Å². The van der Waals surface area contributed by atoms with Crippen LogP contribution in [-0.4, -0.2) is 5.91 Å². The molecule has 15 heavy (non-hydrogen) atoms. The Bertz CT molecular complexity index is 296. The molecule has 0 heterocycles. The van der Waals surface area contributed by atoms with Crippen molar-refractivity contribution in [3.8, 4) is 0 Å². The van der Waals surface area contributed by atoms with Crippen LogP contribution in [0.15, 0.2) is 30.8 Å². The zero-order chi connectivity index (χ0) is 11.0. The summed E-state index contributed by atoms with van der Waals surface area (Å²) < 4.78 is 0. The lowest BCUT2D eigenvalue weighted by molar-refractivity contribution is -0.114. The minimum Gasteiger partial charge on any atom is -0.344 e. The van der Waals surface area contributed by atoms with Gasteiger partial charge in [0.05, 0.1) is 0 Å². The molecule has 0 aliphatic rings. The molecular weight excluding hydrogens is 188 g/mol. The highest BCUT2D eigenvalue weighted by Crippen LogP contribution is 2.09. The van der Waals surface area contributed by atoms with Crippen LogP contribution in [0, 0.1) is 0 Å². The highest BCUT2D eigenvalue weighted by molar-refractivity contribution is 5.88. The summed E-state index contributed by atoms with van der Waals surface area (Å²) in [6.07, 6.45) is 1.76. The second kappa shape index (κ2) is 8.97. The normalized spacial score (nSPS) is 7.67. The van der Waals surface area contributed by atoms with E-state index in [1.807, 2.05) is 38.1 Å². The Morgan fingerprint density at radius 2 is 1.80 bits per heavy atom. The first-order chi connectivity index (χ1) is 6.72. The maximum atomic E-state index is 10.6. The number of nitrogens with one attached hydrogen (secondary N) is 1. The van der Waals surface area contributed by atoms with Gasteiger partial charge < -0.3 is 11.5 Å². The zero-order valence-corrected chi connectivity index (χ0v) is 9.71. The van der Waals surface area contributed by atoms with E-state index in [1.165, 1.54) is 6.92 Å². The Kier molecular flexibility index (Phi) is 9.47. The van der Waals surface area contributed by atoms with E-state index >= 15 is 0 Å². The van der Waals surface area contributed by atoms with Crippen molar-refractivity contribution in [2.75, 3.05) is 5.32 Å². The molecule has 0 bridgehead atoms. The van der Waals surface area contributed by atoms with E-state index in [0.29, 0.717) is 0 Å². The predicted octanol–water partition coefficient (Wildman–Crippen LogP) is 3.72. The van der Waals surface area contributed by atoms with Crippen LogP contribution in [0.1, 0.15) is 27.8 Å². The standard InChI is InChI=1S/C10H11NO.C2H6.H3N.H2/c1-3-9-4-6-10(7-5-9)11-8(2)12;1-2;;/h3-7H,1H2,2H3,(H,11,12);1-2H3;1H3;1H. The fraction of sp³-hybridized carbons (Fsp3) is 0.250. The molecule has 0 aliphatic heterocycles. The van der Waals surface area contributed by atoms with Crippen molar-refractivity contribution in [3.63, 3.8) is 0 Å². The summed E-state index contributed by atoms with van der Waals surface area (Å²) in [6, 6.07) is 7.49. The van der Waals surface area contributed by atoms with E-state index in [9.17, 15) is 4.79 Å². The predicted molar refractivity (Wildman–Crippen MR) is 69.3 cm³/mol. The van der Waals surface area contributed by atoms with Crippen LogP contribution >= 0.6 is 0 Å². The third-order valence-electron chi connectivity index (χ3n) is 1.47. The van der Waals surface area contributed by atoms with Crippen LogP contribution in [0.5, 0.6) is 0 Å². The van der Waals surface area contributed by atoms with Crippen molar-refractivity contribution in [3.05, 3.63) is 36.4 Å². The number of carbonyl (C=O) groups excluding carboxylic acids is 1. The Labute approximate surface area is 93.3 Å². The molecule has 0 aromatic heterocycles. The number of benzene rings is 1.